The fourth-order valence-electron chi connectivity index (χ4n) is 2.39. The number of hydrogen-bond acceptors (Lipinski definition) is 8. The predicted molar refractivity (Wildman–Crippen MR) is 92.4 cm³/mol. The molecule has 8 nitrogen and oxygen atoms in total. The Hall–Kier alpha value is -2.94. The smallest absolute Gasteiger partial charge is 0.345 e. The van der Waals surface area contributed by atoms with E-state index in [4.69, 9.17) is 14.2 Å². The zero-order chi connectivity index (χ0) is 18.7. The SMILES string of the molecule is CCc1ccc(C(=O)COC(=O)c2cc3c(cc2[N+](=O)[O-])OCCO3)s1. The van der Waals surface area contributed by atoms with Crippen molar-refractivity contribution in [3.8, 4) is 11.5 Å². The summed E-state index contributed by atoms with van der Waals surface area (Å²) in [7, 11) is 0. The van der Waals surface area contributed by atoms with Crippen molar-refractivity contribution < 1.29 is 28.7 Å². The number of fused-ring (bicyclic) bond motifs is 1. The standard InChI is InChI=1S/C17H15NO7S/c1-2-10-3-4-16(26-10)13(19)9-25-17(20)11-7-14-15(24-6-5-23-14)8-12(11)18(21)22/h3-4,7-8H,2,5-6,9H2,1H3. The molecule has 0 radical (unpaired) electrons. The fraction of sp³-hybridized carbons (Fsp3) is 0.294. The van der Waals surface area contributed by atoms with E-state index in [0.29, 0.717) is 4.88 Å². The van der Waals surface area contributed by atoms with Gasteiger partial charge < -0.3 is 14.2 Å². The van der Waals surface area contributed by atoms with Crippen LogP contribution < -0.4 is 9.47 Å². The first-order valence-corrected chi connectivity index (χ1v) is 8.68. The van der Waals surface area contributed by atoms with E-state index in [1.54, 1.807) is 6.07 Å². The van der Waals surface area contributed by atoms with Crippen molar-refractivity contribution in [3.05, 3.63) is 49.7 Å². The minimum absolute atomic E-state index is 0.196. The molecule has 1 aliphatic heterocycles. The normalized spacial score (nSPS) is 12.5. The molecule has 0 bridgehead atoms. The summed E-state index contributed by atoms with van der Waals surface area (Å²) in [6.07, 6.45) is 0.807. The van der Waals surface area contributed by atoms with Gasteiger partial charge in [-0.1, -0.05) is 6.92 Å². The molecule has 1 aromatic heterocycles. The number of rotatable bonds is 6. The van der Waals surface area contributed by atoms with Crippen molar-refractivity contribution in [1.82, 2.24) is 0 Å². The quantitative estimate of drug-likeness (QED) is 0.330. The van der Waals surface area contributed by atoms with E-state index in [9.17, 15) is 19.7 Å². The maximum atomic E-state index is 12.3. The number of Topliss-reactive ketones (excluding diaryl/α,β-unsaturated/α-hetero) is 1. The molecule has 136 valence electrons. The van der Waals surface area contributed by atoms with E-state index in [1.807, 2.05) is 13.0 Å². The molecular weight excluding hydrogens is 362 g/mol. The minimum Gasteiger partial charge on any atom is -0.486 e. The molecule has 3 rings (SSSR count). The van der Waals surface area contributed by atoms with Gasteiger partial charge in [-0.05, 0) is 18.6 Å². The highest BCUT2D eigenvalue weighted by atomic mass is 32.1. The number of carbonyl (C=O) groups excluding carboxylic acids is 2. The molecular formula is C17H15NO7S. The lowest BCUT2D eigenvalue weighted by Gasteiger charge is -2.18. The molecule has 0 saturated heterocycles. The van der Waals surface area contributed by atoms with Gasteiger partial charge in [0.1, 0.15) is 18.8 Å². The summed E-state index contributed by atoms with van der Waals surface area (Å²) in [4.78, 5) is 36.5. The Balaban J connectivity index is 1.76. The van der Waals surface area contributed by atoms with Gasteiger partial charge in [0.15, 0.2) is 18.1 Å². The number of aryl methyl sites for hydroxylation is 1. The molecule has 0 atom stereocenters. The second-order valence-corrected chi connectivity index (χ2v) is 6.56. The summed E-state index contributed by atoms with van der Waals surface area (Å²) in [5.74, 6) is -0.898. The van der Waals surface area contributed by atoms with Crippen molar-refractivity contribution in [2.24, 2.45) is 0 Å². The van der Waals surface area contributed by atoms with E-state index in [1.165, 1.54) is 17.4 Å². The Labute approximate surface area is 152 Å². The number of benzene rings is 1. The number of esters is 1. The Bertz CT molecular complexity index is 874. The molecule has 0 fully saturated rings. The molecule has 9 heteroatoms. The zero-order valence-corrected chi connectivity index (χ0v) is 14.7. The molecule has 0 unspecified atom stereocenters. The third kappa shape index (κ3) is 3.67. The largest absolute Gasteiger partial charge is 0.486 e. The van der Waals surface area contributed by atoms with Crippen LogP contribution in [0, 0.1) is 10.1 Å². The number of nitro groups is 1. The number of carbonyl (C=O) groups is 2. The predicted octanol–water partition coefficient (Wildman–Crippen LogP) is 3.03. The average molecular weight is 377 g/mol. The van der Waals surface area contributed by atoms with Gasteiger partial charge in [-0.2, -0.15) is 0 Å². The molecule has 1 aliphatic rings. The summed E-state index contributed by atoms with van der Waals surface area (Å²) in [5.41, 5.74) is -0.747. The van der Waals surface area contributed by atoms with Crippen LogP contribution in [0.3, 0.4) is 0 Å². The van der Waals surface area contributed by atoms with E-state index in [2.05, 4.69) is 0 Å². The number of nitrogens with zero attached hydrogens (tertiary/aromatic N) is 1. The number of hydrogen-bond donors (Lipinski definition) is 0. The van der Waals surface area contributed by atoms with Crippen molar-refractivity contribution in [3.63, 3.8) is 0 Å². The Kier molecular flexibility index (Phi) is 5.17. The minimum atomic E-state index is -0.964. The summed E-state index contributed by atoms with van der Waals surface area (Å²) >= 11 is 1.33. The molecule has 0 spiro atoms. The van der Waals surface area contributed by atoms with Crippen LogP contribution in [-0.4, -0.2) is 36.5 Å². The number of ketones is 1. The van der Waals surface area contributed by atoms with Crippen molar-refractivity contribution >= 4 is 28.8 Å². The third-order valence-corrected chi connectivity index (χ3v) is 4.97. The maximum Gasteiger partial charge on any atom is 0.345 e. The zero-order valence-electron chi connectivity index (χ0n) is 13.9. The molecule has 2 aromatic rings. The number of nitro benzene ring substituents is 1. The van der Waals surface area contributed by atoms with Gasteiger partial charge in [-0.25, -0.2) is 4.79 Å². The lowest BCUT2D eigenvalue weighted by molar-refractivity contribution is -0.385. The van der Waals surface area contributed by atoms with Crippen molar-refractivity contribution in [2.75, 3.05) is 19.8 Å². The summed E-state index contributed by atoms with van der Waals surface area (Å²) < 4.78 is 15.6. The van der Waals surface area contributed by atoms with Crippen LogP contribution in [0.5, 0.6) is 11.5 Å². The summed E-state index contributed by atoms with van der Waals surface area (Å²) in [5, 5.41) is 11.2. The van der Waals surface area contributed by atoms with Gasteiger partial charge in [0.05, 0.1) is 15.9 Å². The molecule has 0 amide bonds. The van der Waals surface area contributed by atoms with Crippen LogP contribution in [0.1, 0.15) is 31.8 Å². The lowest BCUT2D eigenvalue weighted by atomic mass is 10.1. The van der Waals surface area contributed by atoms with Gasteiger partial charge in [0.2, 0.25) is 5.78 Å². The highest BCUT2D eigenvalue weighted by molar-refractivity contribution is 7.14. The molecule has 0 aliphatic carbocycles. The van der Waals surface area contributed by atoms with Crippen LogP contribution >= 0.6 is 11.3 Å². The van der Waals surface area contributed by atoms with Crippen LogP contribution in [0.2, 0.25) is 0 Å². The maximum absolute atomic E-state index is 12.3. The second-order valence-electron chi connectivity index (χ2n) is 5.39. The Morgan fingerprint density at radius 2 is 1.92 bits per heavy atom. The van der Waals surface area contributed by atoms with Gasteiger partial charge in [-0.3, -0.25) is 14.9 Å². The Morgan fingerprint density at radius 1 is 1.23 bits per heavy atom. The highest BCUT2D eigenvalue weighted by Gasteiger charge is 2.28. The van der Waals surface area contributed by atoms with E-state index >= 15 is 0 Å². The van der Waals surface area contributed by atoms with E-state index in [-0.39, 0.29) is 36.1 Å². The van der Waals surface area contributed by atoms with Crippen LogP contribution in [0.4, 0.5) is 5.69 Å². The van der Waals surface area contributed by atoms with E-state index in [0.717, 1.165) is 17.4 Å². The highest BCUT2D eigenvalue weighted by Crippen LogP contribution is 2.36. The summed E-state index contributed by atoms with van der Waals surface area (Å²) in [6, 6.07) is 5.84. The lowest BCUT2D eigenvalue weighted by Crippen LogP contribution is -2.18. The molecule has 2 heterocycles. The van der Waals surface area contributed by atoms with Gasteiger partial charge in [0.25, 0.3) is 5.69 Å². The van der Waals surface area contributed by atoms with Crippen LogP contribution in [0.15, 0.2) is 24.3 Å². The first-order valence-electron chi connectivity index (χ1n) is 7.86. The monoisotopic (exact) mass is 377 g/mol. The molecule has 0 N–H and O–H groups in total. The average Bonchev–Trinajstić information content (AvgIpc) is 3.14. The summed E-state index contributed by atoms with van der Waals surface area (Å²) in [6.45, 7) is 2.02. The first-order chi connectivity index (χ1) is 12.5. The number of thiophene rings is 1. The molecule has 26 heavy (non-hydrogen) atoms. The van der Waals surface area contributed by atoms with Crippen molar-refractivity contribution in [1.29, 1.82) is 0 Å². The van der Waals surface area contributed by atoms with Crippen LogP contribution in [-0.2, 0) is 11.2 Å². The Morgan fingerprint density at radius 3 is 2.54 bits per heavy atom. The second kappa shape index (κ2) is 7.52. The van der Waals surface area contributed by atoms with Gasteiger partial charge in [-0.15, -0.1) is 11.3 Å². The van der Waals surface area contributed by atoms with Gasteiger partial charge >= 0.3 is 5.97 Å². The number of ether oxygens (including phenoxy) is 3. The fourth-order valence-corrected chi connectivity index (χ4v) is 3.26. The topological polar surface area (TPSA) is 105 Å². The first kappa shape index (κ1) is 17.9. The van der Waals surface area contributed by atoms with Gasteiger partial charge in [0, 0.05) is 10.9 Å². The molecule has 0 saturated carbocycles. The van der Waals surface area contributed by atoms with E-state index < -0.39 is 23.2 Å². The third-order valence-electron chi connectivity index (χ3n) is 3.70. The van der Waals surface area contributed by atoms with Crippen molar-refractivity contribution in [2.45, 2.75) is 13.3 Å². The molecule has 1 aromatic carbocycles. The van der Waals surface area contributed by atoms with Crippen LogP contribution in [0.25, 0.3) is 0 Å².